The molecule has 0 radical (unpaired) electrons. The fourth-order valence-corrected chi connectivity index (χ4v) is 3.52. The highest BCUT2D eigenvalue weighted by atomic mass is 16.5. The van der Waals surface area contributed by atoms with Gasteiger partial charge in [-0.25, -0.2) is 0 Å². The normalized spacial score (nSPS) is 39.9. The quantitative estimate of drug-likeness (QED) is 0.763. The van der Waals surface area contributed by atoms with E-state index in [4.69, 9.17) is 10.5 Å². The van der Waals surface area contributed by atoms with Crippen LogP contribution in [0.2, 0.25) is 0 Å². The van der Waals surface area contributed by atoms with E-state index in [0.29, 0.717) is 12.2 Å². The van der Waals surface area contributed by atoms with Crippen LogP contribution in [0.3, 0.4) is 0 Å². The molecule has 0 aromatic carbocycles. The minimum Gasteiger partial charge on any atom is -0.373 e. The summed E-state index contributed by atoms with van der Waals surface area (Å²) in [5.41, 5.74) is 6.26. The second-order valence-electron chi connectivity index (χ2n) is 5.97. The highest BCUT2D eigenvalue weighted by Crippen LogP contribution is 2.32. The van der Waals surface area contributed by atoms with Gasteiger partial charge in [0.25, 0.3) is 0 Å². The fourth-order valence-electron chi connectivity index (χ4n) is 3.52. The van der Waals surface area contributed by atoms with Gasteiger partial charge in [0.1, 0.15) is 0 Å². The lowest BCUT2D eigenvalue weighted by molar-refractivity contribution is -0.0720. The molecule has 0 bridgehead atoms. The molecule has 17 heavy (non-hydrogen) atoms. The zero-order valence-corrected chi connectivity index (χ0v) is 11.4. The molecule has 4 atom stereocenters. The first kappa shape index (κ1) is 13.4. The topological polar surface area (TPSA) is 35.2 Å². The Bertz CT molecular complexity index is 219. The van der Waals surface area contributed by atoms with Gasteiger partial charge in [-0.05, 0) is 31.6 Å². The largest absolute Gasteiger partial charge is 0.373 e. The fraction of sp³-hybridized carbons (Fsp3) is 1.00. The molecular formula is C15H29NO. The lowest BCUT2D eigenvalue weighted by Crippen LogP contribution is -2.41. The third-order valence-electron chi connectivity index (χ3n) is 4.72. The number of nitrogens with two attached hydrogens (primary N) is 1. The van der Waals surface area contributed by atoms with Crippen LogP contribution in [0, 0.1) is 5.92 Å². The molecule has 2 saturated carbocycles. The smallest absolute Gasteiger partial charge is 0.0729 e. The van der Waals surface area contributed by atoms with Crippen LogP contribution in [0.15, 0.2) is 0 Å². The Hall–Kier alpha value is -0.0800. The summed E-state index contributed by atoms with van der Waals surface area (Å²) in [6.45, 7) is 2.30. The molecule has 2 fully saturated rings. The molecule has 2 rings (SSSR count). The molecule has 0 amide bonds. The Morgan fingerprint density at radius 2 is 1.53 bits per heavy atom. The minimum absolute atomic E-state index is 0.289. The molecule has 0 heterocycles. The average molecular weight is 239 g/mol. The van der Waals surface area contributed by atoms with Gasteiger partial charge in [0.05, 0.1) is 12.2 Å². The predicted octanol–water partition coefficient (Wildman–Crippen LogP) is 3.63. The summed E-state index contributed by atoms with van der Waals surface area (Å²) >= 11 is 0. The molecule has 0 aliphatic heterocycles. The zero-order chi connectivity index (χ0) is 12.1. The molecule has 0 spiro atoms. The minimum atomic E-state index is 0.289. The summed E-state index contributed by atoms with van der Waals surface area (Å²) < 4.78 is 6.40. The molecule has 100 valence electrons. The van der Waals surface area contributed by atoms with E-state index in [-0.39, 0.29) is 6.04 Å². The van der Waals surface area contributed by atoms with Gasteiger partial charge >= 0.3 is 0 Å². The van der Waals surface area contributed by atoms with E-state index < -0.39 is 0 Å². The SMILES string of the molecule is CCC1CCCCC1OC1CCCCCC1N. The van der Waals surface area contributed by atoms with E-state index >= 15 is 0 Å². The predicted molar refractivity (Wildman–Crippen MR) is 72.0 cm³/mol. The maximum absolute atomic E-state index is 6.40. The van der Waals surface area contributed by atoms with Crippen molar-refractivity contribution >= 4 is 0 Å². The lowest BCUT2D eigenvalue weighted by atomic mass is 9.84. The Kier molecular flexibility index (Phi) is 5.30. The molecule has 2 aliphatic carbocycles. The van der Waals surface area contributed by atoms with Gasteiger partial charge in [-0.2, -0.15) is 0 Å². The zero-order valence-electron chi connectivity index (χ0n) is 11.4. The van der Waals surface area contributed by atoms with Crippen molar-refractivity contribution in [2.24, 2.45) is 11.7 Å². The third-order valence-corrected chi connectivity index (χ3v) is 4.72. The van der Waals surface area contributed by atoms with E-state index in [1.54, 1.807) is 0 Å². The summed E-state index contributed by atoms with van der Waals surface area (Å²) in [5.74, 6) is 0.791. The average Bonchev–Trinajstić information content (AvgIpc) is 2.56. The van der Waals surface area contributed by atoms with Crippen molar-refractivity contribution in [3.8, 4) is 0 Å². The van der Waals surface area contributed by atoms with Crippen LogP contribution in [0.1, 0.15) is 71.1 Å². The number of hydrogen-bond acceptors (Lipinski definition) is 2. The summed E-state index contributed by atoms with van der Waals surface area (Å²) in [6.07, 6.45) is 13.8. The standard InChI is InChI=1S/C15H29NO/c1-2-12-8-6-7-10-14(12)17-15-11-5-3-4-9-13(15)16/h12-15H,2-11,16H2,1H3. The Balaban J connectivity index is 1.88. The van der Waals surface area contributed by atoms with Gasteiger partial charge < -0.3 is 10.5 Å². The first-order valence-corrected chi connectivity index (χ1v) is 7.72. The first-order chi connectivity index (χ1) is 8.31. The summed E-state index contributed by atoms with van der Waals surface area (Å²) in [7, 11) is 0. The maximum atomic E-state index is 6.40. The van der Waals surface area contributed by atoms with Crippen LogP contribution in [0.25, 0.3) is 0 Å². The van der Waals surface area contributed by atoms with Gasteiger partial charge in [0, 0.05) is 6.04 Å². The Morgan fingerprint density at radius 1 is 0.882 bits per heavy atom. The van der Waals surface area contributed by atoms with Gasteiger partial charge in [0.2, 0.25) is 0 Å². The Labute approximate surface area is 106 Å². The highest BCUT2D eigenvalue weighted by Gasteiger charge is 2.29. The number of rotatable bonds is 3. The van der Waals surface area contributed by atoms with Crippen molar-refractivity contribution in [1.29, 1.82) is 0 Å². The second-order valence-corrected chi connectivity index (χ2v) is 5.97. The van der Waals surface area contributed by atoms with Crippen LogP contribution in [-0.2, 0) is 4.74 Å². The molecule has 2 nitrogen and oxygen atoms in total. The van der Waals surface area contributed by atoms with Gasteiger partial charge in [-0.3, -0.25) is 0 Å². The van der Waals surface area contributed by atoms with Crippen LogP contribution in [-0.4, -0.2) is 18.2 Å². The summed E-state index contributed by atoms with van der Waals surface area (Å²) in [5, 5.41) is 0. The van der Waals surface area contributed by atoms with E-state index in [2.05, 4.69) is 6.92 Å². The van der Waals surface area contributed by atoms with E-state index in [0.717, 1.165) is 12.3 Å². The molecule has 0 aromatic rings. The van der Waals surface area contributed by atoms with Crippen molar-refractivity contribution < 1.29 is 4.74 Å². The van der Waals surface area contributed by atoms with Gasteiger partial charge in [0.15, 0.2) is 0 Å². The third kappa shape index (κ3) is 3.69. The number of ether oxygens (including phenoxy) is 1. The van der Waals surface area contributed by atoms with Gasteiger partial charge in [-0.1, -0.05) is 45.4 Å². The van der Waals surface area contributed by atoms with Crippen LogP contribution in [0.5, 0.6) is 0 Å². The monoisotopic (exact) mass is 239 g/mol. The van der Waals surface area contributed by atoms with Crippen LogP contribution >= 0.6 is 0 Å². The molecule has 2 aliphatic rings. The van der Waals surface area contributed by atoms with Crippen molar-refractivity contribution in [3.63, 3.8) is 0 Å². The van der Waals surface area contributed by atoms with Crippen LogP contribution < -0.4 is 5.73 Å². The van der Waals surface area contributed by atoms with E-state index in [9.17, 15) is 0 Å². The maximum Gasteiger partial charge on any atom is 0.0729 e. The summed E-state index contributed by atoms with van der Waals surface area (Å²) in [6, 6.07) is 0.289. The molecule has 2 N–H and O–H groups in total. The van der Waals surface area contributed by atoms with Crippen molar-refractivity contribution in [2.75, 3.05) is 0 Å². The van der Waals surface area contributed by atoms with Crippen molar-refractivity contribution in [1.82, 2.24) is 0 Å². The molecule has 0 saturated heterocycles. The van der Waals surface area contributed by atoms with E-state index in [1.165, 1.54) is 57.8 Å². The molecule has 2 heteroatoms. The summed E-state index contributed by atoms with van der Waals surface area (Å²) in [4.78, 5) is 0. The van der Waals surface area contributed by atoms with E-state index in [1.807, 2.05) is 0 Å². The number of hydrogen-bond donors (Lipinski definition) is 1. The lowest BCUT2D eigenvalue weighted by Gasteiger charge is -2.35. The highest BCUT2D eigenvalue weighted by molar-refractivity contribution is 4.82. The van der Waals surface area contributed by atoms with Crippen molar-refractivity contribution in [2.45, 2.75) is 89.4 Å². The van der Waals surface area contributed by atoms with Crippen LogP contribution in [0.4, 0.5) is 0 Å². The second kappa shape index (κ2) is 6.75. The van der Waals surface area contributed by atoms with Crippen molar-refractivity contribution in [3.05, 3.63) is 0 Å². The molecule has 4 unspecified atom stereocenters. The molecule has 0 aromatic heterocycles. The van der Waals surface area contributed by atoms with Gasteiger partial charge in [-0.15, -0.1) is 0 Å². The first-order valence-electron chi connectivity index (χ1n) is 7.72. The molecular weight excluding hydrogens is 210 g/mol. The Morgan fingerprint density at radius 3 is 2.35 bits per heavy atom.